The standard InChI is InChI=1S/C19H22N2O4/c1-24-16-10-6-14(7-11-16)18(20-22)4-3-5-19(21-23)15-8-12-17(25-2)13-9-15/h6-13,22-23H,3-5H2,1-2H3/b20-18-,21-19+. The summed E-state index contributed by atoms with van der Waals surface area (Å²) >= 11 is 0. The van der Waals surface area contributed by atoms with Gasteiger partial charge in [-0.2, -0.15) is 0 Å². The second-order valence-corrected chi connectivity index (χ2v) is 5.40. The Morgan fingerprint density at radius 3 is 1.36 bits per heavy atom. The molecule has 0 radical (unpaired) electrons. The van der Waals surface area contributed by atoms with Gasteiger partial charge in [0.2, 0.25) is 0 Å². The minimum absolute atomic E-state index is 0.554. The van der Waals surface area contributed by atoms with E-state index >= 15 is 0 Å². The van der Waals surface area contributed by atoms with E-state index in [2.05, 4.69) is 10.3 Å². The fourth-order valence-electron chi connectivity index (χ4n) is 2.49. The van der Waals surface area contributed by atoms with Crippen molar-refractivity contribution < 1.29 is 19.9 Å². The van der Waals surface area contributed by atoms with Crippen LogP contribution in [0.5, 0.6) is 11.5 Å². The summed E-state index contributed by atoms with van der Waals surface area (Å²) in [5, 5.41) is 25.3. The number of ether oxygens (including phenoxy) is 2. The second kappa shape index (κ2) is 9.32. The van der Waals surface area contributed by atoms with Crippen LogP contribution in [0.15, 0.2) is 58.8 Å². The van der Waals surface area contributed by atoms with Gasteiger partial charge in [0.1, 0.15) is 11.5 Å². The molecule has 0 atom stereocenters. The monoisotopic (exact) mass is 342 g/mol. The summed E-state index contributed by atoms with van der Waals surface area (Å²) in [4.78, 5) is 0. The van der Waals surface area contributed by atoms with E-state index in [1.54, 1.807) is 14.2 Å². The number of nitrogens with zero attached hydrogens (tertiary/aromatic N) is 2. The molecule has 2 aromatic carbocycles. The average molecular weight is 342 g/mol. The highest BCUT2D eigenvalue weighted by atomic mass is 16.5. The zero-order chi connectivity index (χ0) is 18.1. The summed E-state index contributed by atoms with van der Waals surface area (Å²) < 4.78 is 10.2. The van der Waals surface area contributed by atoms with Crippen LogP contribution in [0.4, 0.5) is 0 Å². The first-order valence-electron chi connectivity index (χ1n) is 7.92. The van der Waals surface area contributed by atoms with Gasteiger partial charge in [0.15, 0.2) is 0 Å². The molecule has 0 unspecified atom stereocenters. The summed E-state index contributed by atoms with van der Waals surface area (Å²) in [6.45, 7) is 0. The maximum Gasteiger partial charge on any atom is 0.118 e. The highest BCUT2D eigenvalue weighted by Crippen LogP contribution is 2.17. The van der Waals surface area contributed by atoms with E-state index in [1.165, 1.54) is 0 Å². The molecule has 2 N–H and O–H groups in total. The quantitative estimate of drug-likeness (QED) is 0.432. The summed E-state index contributed by atoms with van der Waals surface area (Å²) in [5.74, 6) is 1.49. The summed E-state index contributed by atoms with van der Waals surface area (Å²) in [5.41, 5.74) is 2.81. The van der Waals surface area contributed by atoms with Crippen molar-refractivity contribution >= 4 is 11.4 Å². The van der Waals surface area contributed by atoms with Gasteiger partial charge in [-0.1, -0.05) is 10.3 Å². The maximum atomic E-state index is 9.27. The lowest BCUT2D eigenvalue weighted by atomic mass is 10.0. The molecule has 6 nitrogen and oxygen atoms in total. The lowest BCUT2D eigenvalue weighted by Crippen LogP contribution is -2.05. The zero-order valence-electron chi connectivity index (χ0n) is 14.3. The molecule has 132 valence electrons. The van der Waals surface area contributed by atoms with Gasteiger partial charge in [-0.25, -0.2) is 0 Å². The lowest BCUT2D eigenvalue weighted by molar-refractivity contribution is 0.317. The van der Waals surface area contributed by atoms with Crippen molar-refractivity contribution in [1.82, 2.24) is 0 Å². The van der Waals surface area contributed by atoms with E-state index in [0.29, 0.717) is 30.7 Å². The SMILES string of the molecule is COc1ccc(/C(CCC/C(=N\O)c2ccc(OC)cc2)=N\O)cc1. The van der Waals surface area contributed by atoms with E-state index in [1.807, 2.05) is 48.5 Å². The Labute approximate surface area is 147 Å². The van der Waals surface area contributed by atoms with E-state index in [9.17, 15) is 10.4 Å². The summed E-state index contributed by atoms with van der Waals surface area (Å²) in [7, 11) is 3.20. The van der Waals surface area contributed by atoms with Gasteiger partial charge in [0.25, 0.3) is 0 Å². The van der Waals surface area contributed by atoms with Crippen molar-refractivity contribution in [1.29, 1.82) is 0 Å². The van der Waals surface area contributed by atoms with Crippen LogP contribution < -0.4 is 9.47 Å². The first kappa shape index (κ1) is 18.3. The van der Waals surface area contributed by atoms with Gasteiger partial charge in [-0.05, 0) is 78.9 Å². The summed E-state index contributed by atoms with van der Waals surface area (Å²) in [6.07, 6.45) is 1.78. The molecule has 0 aromatic heterocycles. The van der Waals surface area contributed by atoms with E-state index < -0.39 is 0 Å². The van der Waals surface area contributed by atoms with E-state index in [-0.39, 0.29) is 0 Å². The molecule has 0 aliphatic rings. The van der Waals surface area contributed by atoms with Gasteiger partial charge < -0.3 is 19.9 Å². The molecule has 0 spiro atoms. The molecule has 6 heteroatoms. The Balaban J connectivity index is 1.96. The van der Waals surface area contributed by atoms with Crippen LogP contribution in [0.3, 0.4) is 0 Å². The van der Waals surface area contributed by atoms with Gasteiger partial charge in [0.05, 0.1) is 25.6 Å². The molecule has 0 bridgehead atoms. The molecule has 0 heterocycles. The van der Waals surface area contributed by atoms with Crippen molar-refractivity contribution in [3.63, 3.8) is 0 Å². The fraction of sp³-hybridized carbons (Fsp3) is 0.263. The van der Waals surface area contributed by atoms with Crippen LogP contribution in [0.1, 0.15) is 30.4 Å². The average Bonchev–Trinajstić information content (AvgIpc) is 2.68. The highest BCUT2D eigenvalue weighted by Gasteiger charge is 2.09. The summed E-state index contributed by atoms with van der Waals surface area (Å²) in [6, 6.07) is 14.7. The maximum absolute atomic E-state index is 9.27. The third kappa shape index (κ3) is 4.97. The van der Waals surface area contributed by atoms with Crippen molar-refractivity contribution in [2.24, 2.45) is 10.3 Å². The largest absolute Gasteiger partial charge is 0.497 e. The Hall–Kier alpha value is -3.02. The Morgan fingerprint density at radius 2 is 1.08 bits per heavy atom. The fourth-order valence-corrected chi connectivity index (χ4v) is 2.49. The molecular weight excluding hydrogens is 320 g/mol. The molecule has 25 heavy (non-hydrogen) atoms. The third-order valence-corrected chi connectivity index (χ3v) is 3.92. The van der Waals surface area contributed by atoms with Crippen LogP contribution in [-0.2, 0) is 0 Å². The normalized spacial score (nSPS) is 12.1. The number of hydrogen-bond acceptors (Lipinski definition) is 6. The molecule has 2 aromatic rings. The van der Waals surface area contributed by atoms with Gasteiger partial charge >= 0.3 is 0 Å². The third-order valence-electron chi connectivity index (χ3n) is 3.92. The molecule has 0 aliphatic heterocycles. The molecule has 0 fully saturated rings. The first-order valence-corrected chi connectivity index (χ1v) is 7.92. The van der Waals surface area contributed by atoms with Gasteiger partial charge in [-0.15, -0.1) is 0 Å². The molecular formula is C19H22N2O4. The highest BCUT2D eigenvalue weighted by molar-refractivity contribution is 6.02. The lowest BCUT2D eigenvalue weighted by Gasteiger charge is -2.08. The van der Waals surface area contributed by atoms with Crippen LogP contribution in [-0.4, -0.2) is 36.1 Å². The predicted molar refractivity (Wildman–Crippen MR) is 96.5 cm³/mol. The number of benzene rings is 2. The predicted octanol–water partition coefficient (Wildman–Crippen LogP) is 3.93. The zero-order valence-corrected chi connectivity index (χ0v) is 14.3. The van der Waals surface area contributed by atoms with Crippen molar-refractivity contribution in [2.75, 3.05) is 14.2 Å². The van der Waals surface area contributed by atoms with Gasteiger partial charge in [0, 0.05) is 0 Å². The van der Waals surface area contributed by atoms with Crippen LogP contribution in [0.25, 0.3) is 0 Å². The molecule has 0 saturated carbocycles. The smallest absolute Gasteiger partial charge is 0.118 e. The topological polar surface area (TPSA) is 83.6 Å². The molecule has 0 amide bonds. The Kier molecular flexibility index (Phi) is 6.83. The Bertz CT molecular complexity index is 659. The number of hydrogen-bond donors (Lipinski definition) is 2. The van der Waals surface area contributed by atoms with E-state index in [0.717, 1.165) is 22.6 Å². The number of methoxy groups -OCH3 is 2. The minimum Gasteiger partial charge on any atom is -0.497 e. The molecule has 0 aliphatic carbocycles. The van der Waals surface area contributed by atoms with Crippen LogP contribution in [0, 0.1) is 0 Å². The minimum atomic E-state index is 0.554. The van der Waals surface area contributed by atoms with E-state index in [4.69, 9.17) is 9.47 Å². The van der Waals surface area contributed by atoms with Crippen LogP contribution >= 0.6 is 0 Å². The molecule has 2 rings (SSSR count). The Morgan fingerprint density at radius 1 is 0.720 bits per heavy atom. The van der Waals surface area contributed by atoms with Crippen LogP contribution in [0.2, 0.25) is 0 Å². The number of rotatable bonds is 8. The first-order chi connectivity index (χ1) is 12.2. The molecule has 0 saturated heterocycles. The van der Waals surface area contributed by atoms with Gasteiger partial charge in [-0.3, -0.25) is 0 Å². The van der Waals surface area contributed by atoms with Crippen molar-refractivity contribution in [3.8, 4) is 11.5 Å². The van der Waals surface area contributed by atoms with Crippen molar-refractivity contribution in [3.05, 3.63) is 59.7 Å². The number of oxime groups is 2. The van der Waals surface area contributed by atoms with Crippen molar-refractivity contribution in [2.45, 2.75) is 19.3 Å². The second-order valence-electron chi connectivity index (χ2n) is 5.40.